The first-order chi connectivity index (χ1) is 14.1. The molecule has 0 spiro atoms. The van der Waals surface area contributed by atoms with Gasteiger partial charge in [-0.25, -0.2) is 12.7 Å². The first-order valence-electron chi connectivity index (χ1n) is 9.60. The van der Waals surface area contributed by atoms with Gasteiger partial charge in [0, 0.05) is 30.7 Å². The van der Waals surface area contributed by atoms with Gasteiger partial charge in [-0.2, -0.15) is 0 Å². The van der Waals surface area contributed by atoms with Crippen molar-refractivity contribution in [2.75, 3.05) is 26.0 Å². The van der Waals surface area contributed by atoms with E-state index in [-0.39, 0.29) is 23.0 Å². The molecule has 0 atom stereocenters. The van der Waals surface area contributed by atoms with Gasteiger partial charge in [-0.15, -0.1) is 0 Å². The van der Waals surface area contributed by atoms with E-state index in [1.54, 1.807) is 25.3 Å². The van der Waals surface area contributed by atoms with E-state index in [1.807, 2.05) is 26.0 Å². The van der Waals surface area contributed by atoms with Crippen molar-refractivity contribution in [1.82, 2.24) is 4.31 Å². The molecule has 0 bridgehead atoms. The van der Waals surface area contributed by atoms with Crippen molar-refractivity contribution >= 4 is 32.6 Å². The zero-order valence-electron chi connectivity index (χ0n) is 17.8. The summed E-state index contributed by atoms with van der Waals surface area (Å²) in [7, 11) is -0.837. The topological polar surface area (TPSA) is 88.8 Å². The quantitative estimate of drug-likeness (QED) is 0.614. The van der Waals surface area contributed by atoms with Crippen molar-refractivity contribution in [1.29, 1.82) is 0 Å². The predicted molar refractivity (Wildman–Crippen MR) is 117 cm³/mol. The molecule has 8 heteroatoms. The molecule has 30 heavy (non-hydrogen) atoms. The molecular formula is C22H26N2O5S. The molecule has 1 N–H and O–H groups in total. The fourth-order valence-corrected chi connectivity index (χ4v) is 4.16. The van der Waals surface area contributed by atoms with Gasteiger partial charge in [0.25, 0.3) is 0 Å². The molecule has 7 nitrogen and oxygen atoms in total. The smallest absolute Gasteiger partial charge is 0.246 e. The Kier molecular flexibility index (Phi) is 6.19. The molecule has 0 aliphatic rings. The molecule has 160 valence electrons. The molecule has 3 aromatic rings. The summed E-state index contributed by atoms with van der Waals surface area (Å²) in [6.07, 6.45) is 1.70. The van der Waals surface area contributed by atoms with Crippen molar-refractivity contribution < 1.29 is 22.4 Å². The lowest BCUT2D eigenvalue weighted by molar-refractivity contribution is -0.115. The van der Waals surface area contributed by atoms with E-state index < -0.39 is 10.0 Å². The molecule has 1 amide bonds. The minimum atomic E-state index is -3.73. The van der Waals surface area contributed by atoms with Crippen molar-refractivity contribution in [3.63, 3.8) is 0 Å². The van der Waals surface area contributed by atoms with Crippen LogP contribution >= 0.6 is 0 Å². The van der Waals surface area contributed by atoms with Crippen LogP contribution in [0.4, 0.5) is 5.69 Å². The van der Waals surface area contributed by atoms with Crippen LogP contribution in [0.15, 0.2) is 45.9 Å². The SMILES string of the molecule is CCOc1ccc(NC(=O)Cc2coc3cc(C)c(C)cc23)cc1S(=O)(=O)N(C)C. The van der Waals surface area contributed by atoms with Crippen LogP contribution in [0.1, 0.15) is 23.6 Å². The summed E-state index contributed by atoms with van der Waals surface area (Å²) in [5.41, 5.74) is 4.13. The number of amides is 1. The van der Waals surface area contributed by atoms with E-state index in [1.165, 1.54) is 20.2 Å². The number of carbonyl (C=O) groups is 1. The first kappa shape index (κ1) is 21.9. The maximum absolute atomic E-state index is 12.6. The number of ether oxygens (including phenoxy) is 1. The second-order valence-electron chi connectivity index (χ2n) is 7.30. The summed E-state index contributed by atoms with van der Waals surface area (Å²) >= 11 is 0. The highest BCUT2D eigenvalue weighted by atomic mass is 32.2. The maximum Gasteiger partial charge on any atom is 0.246 e. The Morgan fingerprint density at radius 2 is 1.83 bits per heavy atom. The van der Waals surface area contributed by atoms with Crippen LogP contribution in [0, 0.1) is 13.8 Å². The number of carbonyl (C=O) groups excluding carboxylic acids is 1. The lowest BCUT2D eigenvalue weighted by atomic mass is 10.0. The molecular weight excluding hydrogens is 404 g/mol. The van der Waals surface area contributed by atoms with Gasteiger partial charge in [0.15, 0.2) is 0 Å². The number of hydrogen-bond donors (Lipinski definition) is 1. The summed E-state index contributed by atoms with van der Waals surface area (Å²) < 4.78 is 37.5. The molecule has 3 rings (SSSR count). The zero-order valence-corrected chi connectivity index (χ0v) is 18.6. The van der Waals surface area contributed by atoms with E-state index >= 15 is 0 Å². The van der Waals surface area contributed by atoms with Crippen LogP contribution in [0.2, 0.25) is 0 Å². The molecule has 0 aliphatic heterocycles. The predicted octanol–water partition coefficient (Wildman–Crippen LogP) is 3.88. The van der Waals surface area contributed by atoms with Gasteiger partial charge in [-0.1, -0.05) is 0 Å². The third-order valence-corrected chi connectivity index (χ3v) is 6.74. The molecule has 1 aromatic heterocycles. The van der Waals surface area contributed by atoms with Crippen LogP contribution in [0.3, 0.4) is 0 Å². The Bertz CT molecular complexity index is 1200. The minimum Gasteiger partial charge on any atom is -0.492 e. The molecule has 0 fully saturated rings. The van der Waals surface area contributed by atoms with Gasteiger partial charge in [0.2, 0.25) is 15.9 Å². The number of aryl methyl sites for hydroxylation is 2. The van der Waals surface area contributed by atoms with Gasteiger partial charge >= 0.3 is 0 Å². The van der Waals surface area contributed by atoms with Gasteiger partial charge < -0.3 is 14.5 Å². The highest BCUT2D eigenvalue weighted by Gasteiger charge is 2.23. The summed E-state index contributed by atoms with van der Waals surface area (Å²) in [5, 5.41) is 3.67. The van der Waals surface area contributed by atoms with Gasteiger partial charge in [-0.3, -0.25) is 4.79 Å². The van der Waals surface area contributed by atoms with Crippen LogP contribution in [0.25, 0.3) is 11.0 Å². The number of sulfonamides is 1. The van der Waals surface area contributed by atoms with E-state index in [0.717, 1.165) is 32.0 Å². The number of benzene rings is 2. The normalized spacial score (nSPS) is 11.8. The average Bonchev–Trinajstić information content (AvgIpc) is 3.04. The Hall–Kier alpha value is -2.84. The van der Waals surface area contributed by atoms with E-state index in [2.05, 4.69) is 5.32 Å². The number of hydrogen-bond acceptors (Lipinski definition) is 5. The number of rotatable bonds is 7. The van der Waals surface area contributed by atoms with E-state index in [4.69, 9.17) is 9.15 Å². The Morgan fingerprint density at radius 3 is 2.50 bits per heavy atom. The third kappa shape index (κ3) is 4.34. The fourth-order valence-electron chi connectivity index (χ4n) is 3.11. The number of nitrogens with one attached hydrogen (secondary N) is 1. The molecule has 0 radical (unpaired) electrons. The summed E-state index contributed by atoms with van der Waals surface area (Å²) in [6, 6.07) is 8.55. The molecule has 0 saturated carbocycles. The van der Waals surface area contributed by atoms with E-state index in [0.29, 0.717) is 12.3 Å². The highest BCUT2D eigenvalue weighted by molar-refractivity contribution is 7.89. The first-order valence-corrected chi connectivity index (χ1v) is 11.0. The third-order valence-electron chi connectivity index (χ3n) is 4.91. The zero-order chi connectivity index (χ0) is 22.1. The molecule has 0 saturated heterocycles. The Balaban J connectivity index is 1.86. The largest absolute Gasteiger partial charge is 0.492 e. The summed E-state index contributed by atoms with van der Waals surface area (Å²) in [4.78, 5) is 12.6. The lowest BCUT2D eigenvalue weighted by Gasteiger charge is -2.16. The molecule has 1 heterocycles. The van der Waals surface area contributed by atoms with Gasteiger partial charge in [-0.05, 0) is 62.2 Å². The monoisotopic (exact) mass is 430 g/mol. The second-order valence-corrected chi connectivity index (χ2v) is 9.42. The summed E-state index contributed by atoms with van der Waals surface area (Å²) in [6.45, 7) is 6.13. The van der Waals surface area contributed by atoms with Gasteiger partial charge in [0.05, 0.1) is 19.3 Å². The van der Waals surface area contributed by atoms with Crippen LogP contribution < -0.4 is 10.1 Å². The van der Waals surface area contributed by atoms with Crippen molar-refractivity contribution in [2.45, 2.75) is 32.1 Å². The minimum absolute atomic E-state index is 0.00649. The number of fused-ring (bicyclic) bond motifs is 1. The Morgan fingerprint density at radius 1 is 1.13 bits per heavy atom. The van der Waals surface area contributed by atoms with Crippen LogP contribution in [-0.4, -0.2) is 39.3 Å². The molecule has 0 aliphatic carbocycles. The number of anilines is 1. The molecule has 0 unspecified atom stereocenters. The average molecular weight is 431 g/mol. The summed E-state index contributed by atoms with van der Waals surface area (Å²) in [5.74, 6) is -0.0239. The standard InChI is InChI=1S/C22H26N2O5S/c1-6-28-19-8-7-17(12-21(19)30(26,27)24(4)5)23-22(25)11-16-13-29-20-10-15(3)14(2)9-18(16)20/h7-10,12-13H,6,11H2,1-5H3,(H,23,25). The fraction of sp³-hybridized carbons (Fsp3) is 0.318. The van der Waals surface area contributed by atoms with Crippen molar-refractivity contribution in [2.24, 2.45) is 0 Å². The Labute approximate surface area is 176 Å². The highest BCUT2D eigenvalue weighted by Crippen LogP contribution is 2.30. The maximum atomic E-state index is 12.6. The number of furan rings is 1. The van der Waals surface area contributed by atoms with Crippen molar-refractivity contribution in [3.05, 3.63) is 53.3 Å². The van der Waals surface area contributed by atoms with Gasteiger partial charge in [0.1, 0.15) is 16.2 Å². The number of nitrogens with zero attached hydrogens (tertiary/aromatic N) is 1. The van der Waals surface area contributed by atoms with Crippen LogP contribution in [0.5, 0.6) is 5.75 Å². The lowest BCUT2D eigenvalue weighted by Crippen LogP contribution is -2.23. The van der Waals surface area contributed by atoms with E-state index in [9.17, 15) is 13.2 Å². The van der Waals surface area contributed by atoms with Crippen LogP contribution in [-0.2, 0) is 21.2 Å². The molecule has 2 aromatic carbocycles. The van der Waals surface area contributed by atoms with Crippen molar-refractivity contribution in [3.8, 4) is 5.75 Å². The second kappa shape index (κ2) is 8.49.